The quantitative estimate of drug-likeness (QED) is 0.562. The Labute approximate surface area is 140 Å². The van der Waals surface area contributed by atoms with Crippen LogP contribution in [0.25, 0.3) is 10.2 Å². The molecule has 1 aromatic carbocycles. The van der Waals surface area contributed by atoms with Crippen molar-refractivity contribution in [1.82, 2.24) is 9.97 Å². The molecule has 5 nitrogen and oxygen atoms in total. The van der Waals surface area contributed by atoms with Gasteiger partial charge in [-0.05, 0) is 48.4 Å². The Bertz CT molecular complexity index is 896. The Balaban J connectivity index is 2.13. The summed E-state index contributed by atoms with van der Waals surface area (Å²) in [6, 6.07) is 5.84. The summed E-state index contributed by atoms with van der Waals surface area (Å²) in [5.41, 5.74) is 1.35. The minimum Gasteiger partial charge on any atom is -0.465 e. The average Bonchev–Trinajstić information content (AvgIpc) is 2.85. The van der Waals surface area contributed by atoms with Gasteiger partial charge >= 0.3 is 5.97 Å². The largest absolute Gasteiger partial charge is 0.465 e. The fourth-order valence-corrected chi connectivity index (χ4v) is 3.48. The van der Waals surface area contributed by atoms with Crippen molar-refractivity contribution in [3.63, 3.8) is 0 Å². The number of rotatable bonds is 3. The van der Waals surface area contributed by atoms with Crippen LogP contribution in [0.4, 0.5) is 15.9 Å². The number of halogens is 2. The topological polar surface area (TPSA) is 64.1 Å². The van der Waals surface area contributed by atoms with E-state index in [0.717, 1.165) is 0 Å². The van der Waals surface area contributed by atoms with Crippen LogP contribution in [0.2, 0.25) is 5.28 Å². The lowest BCUT2D eigenvalue weighted by atomic mass is 10.2. The number of methoxy groups -OCH3 is 1. The smallest absolute Gasteiger partial charge is 0.348 e. The third kappa shape index (κ3) is 2.97. The van der Waals surface area contributed by atoms with Gasteiger partial charge in [0.1, 0.15) is 21.3 Å². The van der Waals surface area contributed by atoms with E-state index in [2.05, 4.69) is 15.3 Å². The lowest BCUT2D eigenvalue weighted by molar-refractivity contribution is 0.0605. The zero-order valence-electron chi connectivity index (χ0n) is 12.2. The Morgan fingerprint density at radius 2 is 2.00 bits per heavy atom. The number of aryl methyl sites for hydroxylation is 1. The summed E-state index contributed by atoms with van der Waals surface area (Å²) < 4.78 is 17.8. The molecule has 0 fully saturated rings. The van der Waals surface area contributed by atoms with Crippen molar-refractivity contribution >= 4 is 50.6 Å². The molecule has 23 heavy (non-hydrogen) atoms. The van der Waals surface area contributed by atoms with Crippen LogP contribution in [-0.2, 0) is 4.74 Å². The molecule has 0 bridgehead atoms. The number of fused-ring (bicyclic) bond motifs is 1. The molecule has 0 aliphatic heterocycles. The van der Waals surface area contributed by atoms with Crippen molar-refractivity contribution in [2.45, 2.75) is 6.92 Å². The van der Waals surface area contributed by atoms with E-state index in [9.17, 15) is 9.18 Å². The highest BCUT2D eigenvalue weighted by molar-refractivity contribution is 7.20. The van der Waals surface area contributed by atoms with Gasteiger partial charge < -0.3 is 10.1 Å². The van der Waals surface area contributed by atoms with Gasteiger partial charge in [-0.1, -0.05) is 0 Å². The third-order valence-corrected chi connectivity index (χ3v) is 4.58. The second-order valence-electron chi connectivity index (χ2n) is 4.70. The number of nitrogens with zero attached hydrogens (tertiary/aromatic N) is 2. The maximum Gasteiger partial charge on any atom is 0.348 e. The van der Waals surface area contributed by atoms with E-state index in [0.29, 0.717) is 32.2 Å². The van der Waals surface area contributed by atoms with E-state index in [1.54, 1.807) is 19.1 Å². The van der Waals surface area contributed by atoms with Crippen molar-refractivity contribution in [3.05, 3.63) is 45.8 Å². The van der Waals surface area contributed by atoms with Gasteiger partial charge in [-0.25, -0.2) is 14.2 Å². The number of aromatic nitrogens is 2. The van der Waals surface area contributed by atoms with Gasteiger partial charge in [0.15, 0.2) is 0 Å². The van der Waals surface area contributed by atoms with E-state index in [1.807, 2.05) is 0 Å². The Kier molecular flexibility index (Phi) is 4.14. The number of thiophene rings is 1. The number of anilines is 2. The first-order chi connectivity index (χ1) is 11.0. The van der Waals surface area contributed by atoms with Crippen LogP contribution >= 0.6 is 22.9 Å². The van der Waals surface area contributed by atoms with Crippen molar-refractivity contribution in [2.75, 3.05) is 12.4 Å². The summed E-state index contributed by atoms with van der Waals surface area (Å²) in [4.78, 5) is 21.2. The van der Waals surface area contributed by atoms with Crippen LogP contribution in [0.1, 0.15) is 15.2 Å². The van der Waals surface area contributed by atoms with Crippen molar-refractivity contribution in [1.29, 1.82) is 0 Å². The molecule has 0 aliphatic rings. The van der Waals surface area contributed by atoms with Gasteiger partial charge in [0, 0.05) is 5.69 Å². The van der Waals surface area contributed by atoms with Gasteiger partial charge in [0.2, 0.25) is 5.28 Å². The summed E-state index contributed by atoms with van der Waals surface area (Å²) in [5.74, 6) is -0.314. The standard InChI is InChI=1S/C15H11ClFN3O2S/c1-7-10-12(18-9-5-3-8(17)4-6-9)19-15(16)20-13(10)23-11(7)14(21)22-2/h3-6H,1-2H3,(H,18,19,20). The molecule has 1 N–H and O–H groups in total. The molecule has 0 saturated carbocycles. The molecule has 8 heteroatoms. The third-order valence-electron chi connectivity index (χ3n) is 3.24. The van der Waals surface area contributed by atoms with E-state index < -0.39 is 5.97 Å². The lowest BCUT2D eigenvalue weighted by Crippen LogP contribution is -2.00. The monoisotopic (exact) mass is 351 g/mol. The van der Waals surface area contributed by atoms with Gasteiger partial charge in [0.05, 0.1) is 12.5 Å². The predicted octanol–water partition coefficient (Wildman–Crippen LogP) is 4.32. The lowest BCUT2D eigenvalue weighted by Gasteiger charge is -2.08. The second kappa shape index (κ2) is 6.10. The number of carbonyl (C=O) groups is 1. The normalized spacial score (nSPS) is 10.8. The number of benzene rings is 1. The number of hydrogen-bond acceptors (Lipinski definition) is 6. The predicted molar refractivity (Wildman–Crippen MR) is 88.2 cm³/mol. The van der Waals surface area contributed by atoms with Crippen molar-refractivity contribution in [2.24, 2.45) is 0 Å². The molecule has 0 atom stereocenters. The number of esters is 1. The summed E-state index contributed by atoms with van der Waals surface area (Å²) in [6.07, 6.45) is 0. The van der Waals surface area contributed by atoms with E-state index >= 15 is 0 Å². The first-order valence-corrected chi connectivity index (χ1v) is 7.76. The number of hydrogen-bond donors (Lipinski definition) is 1. The molecular formula is C15H11ClFN3O2S. The minimum absolute atomic E-state index is 0.0553. The zero-order chi connectivity index (χ0) is 16.6. The second-order valence-corrected chi connectivity index (χ2v) is 6.04. The van der Waals surface area contributed by atoms with Crippen LogP contribution in [0.5, 0.6) is 0 Å². The highest BCUT2D eigenvalue weighted by Gasteiger charge is 2.20. The summed E-state index contributed by atoms with van der Waals surface area (Å²) in [6.45, 7) is 1.79. The van der Waals surface area contributed by atoms with Crippen LogP contribution in [0.15, 0.2) is 24.3 Å². The van der Waals surface area contributed by atoms with Crippen LogP contribution < -0.4 is 5.32 Å². The molecule has 3 aromatic rings. The van der Waals surface area contributed by atoms with E-state index in [4.69, 9.17) is 16.3 Å². The highest BCUT2D eigenvalue weighted by atomic mass is 35.5. The fourth-order valence-electron chi connectivity index (χ4n) is 2.16. The van der Waals surface area contributed by atoms with Gasteiger partial charge in [-0.2, -0.15) is 4.98 Å². The molecule has 0 radical (unpaired) electrons. The van der Waals surface area contributed by atoms with Crippen molar-refractivity contribution < 1.29 is 13.9 Å². The van der Waals surface area contributed by atoms with Gasteiger partial charge in [-0.15, -0.1) is 11.3 Å². The zero-order valence-corrected chi connectivity index (χ0v) is 13.8. The first kappa shape index (κ1) is 15.6. The highest BCUT2D eigenvalue weighted by Crippen LogP contribution is 2.36. The minimum atomic E-state index is -0.436. The number of nitrogens with one attached hydrogen (secondary N) is 1. The maximum absolute atomic E-state index is 13.0. The molecule has 3 rings (SSSR count). The van der Waals surface area contributed by atoms with E-state index in [1.165, 1.54) is 30.6 Å². The molecule has 0 amide bonds. The fraction of sp³-hybridized carbons (Fsp3) is 0.133. The molecular weight excluding hydrogens is 341 g/mol. The molecule has 2 heterocycles. The Morgan fingerprint density at radius 3 is 2.65 bits per heavy atom. The van der Waals surface area contributed by atoms with Crippen molar-refractivity contribution in [3.8, 4) is 0 Å². The van der Waals surface area contributed by atoms with Gasteiger partial charge in [-0.3, -0.25) is 0 Å². The summed E-state index contributed by atoms with van der Waals surface area (Å²) in [5, 5.41) is 3.82. The van der Waals surface area contributed by atoms with Crippen LogP contribution in [0, 0.1) is 12.7 Å². The SMILES string of the molecule is COC(=O)c1sc2nc(Cl)nc(Nc3ccc(F)cc3)c2c1C. The molecule has 0 unspecified atom stereocenters. The Hall–Kier alpha value is -2.25. The molecule has 118 valence electrons. The van der Waals surface area contributed by atoms with Gasteiger partial charge in [0.25, 0.3) is 0 Å². The molecule has 0 saturated heterocycles. The summed E-state index contributed by atoms with van der Waals surface area (Å²) in [7, 11) is 1.32. The average molecular weight is 352 g/mol. The molecule has 2 aromatic heterocycles. The van der Waals surface area contributed by atoms with Crippen LogP contribution in [-0.4, -0.2) is 23.0 Å². The number of ether oxygens (including phenoxy) is 1. The van der Waals surface area contributed by atoms with E-state index in [-0.39, 0.29) is 11.1 Å². The van der Waals surface area contributed by atoms with Crippen LogP contribution in [0.3, 0.4) is 0 Å². The maximum atomic E-state index is 13.0. The first-order valence-electron chi connectivity index (χ1n) is 6.57. The molecule has 0 spiro atoms. The molecule has 0 aliphatic carbocycles. The number of carbonyl (C=O) groups excluding carboxylic acids is 1. The summed E-state index contributed by atoms with van der Waals surface area (Å²) >= 11 is 7.15. The Morgan fingerprint density at radius 1 is 1.30 bits per heavy atom.